The zero-order valence-electron chi connectivity index (χ0n) is 15.4. The third-order valence-corrected chi connectivity index (χ3v) is 5.51. The maximum absolute atomic E-state index is 9.33. The van der Waals surface area contributed by atoms with E-state index in [0.29, 0.717) is 6.04 Å². The van der Waals surface area contributed by atoms with Crippen LogP contribution in [0.5, 0.6) is 5.75 Å². The van der Waals surface area contributed by atoms with E-state index in [2.05, 4.69) is 55.9 Å². The van der Waals surface area contributed by atoms with Crippen molar-refractivity contribution in [1.82, 2.24) is 19.8 Å². The van der Waals surface area contributed by atoms with E-state index in [4.69, 9.17) is 0 Å². The Kier molecular flexibility index (Phi) is 5.04. The van der Waals surface area contributed by atoms with E-state index >= 15 is 0 Å². The Hall–Kier alpha value is -2.18. The molecule has 0 spiro atoms. The first-order valence-electron chi connectivity index (χ1n) is 9.45. The van der Waals surface area contributed by atoms with Gasteiger partial charge in [0.05, 0.1) is 12.4 Å². The highest BCUT2D eigenvalue weighted by Gasteiger charge is 2.30. The van der Waals surface area contributed by atoms with Gasteiger partial charge in [-0.25, -0.2) is 9.97 Å². The van der Waals surface area contributed by atoms with E-state index in [9.17, 15) is 5.11 Å². The number of aromatic hydroxyl groups is 1. The van der Waals surface area contributed by atoms with Gasteiger partial charge >= 0.3 is 0 Å². The third kappa shape index (κ3) is 3.97. The molecule has 0 bridgehead atoms. The zero-order chi connectivity index (χ0) is 17.9. The van der Waals surface area contributed by atoms with Gasteiger partial charge in [-0.05, 0) is 18.9 Å². The number of likely N-dealkylation sites (tertiary alicyclic amines) is 1. The number of rotatable bonds is 4. The summed E-state index contributed by atoms with van der Waals surface area (Å²) in [6, 6.07) is 9.56. The minimum Gasteiger partial charge on any atom is -0.505 e. The molecule has 6 heteroatoms. The van der Waals surface area contributed by atoms with Gasteiger partial charge in [0.25, 0.3) is 0 Å². The number of anilines is 1. The number of hydrogen-bond acceptors (Lipinski definition) is 6. The summed E-state index contributed by atoms with van der Waals surface area (Å²) in [6.07, 6.45) is 4.19. The number of benzene rings is 1. The molecule has 4 rings (SSSR count). The van der Waals surface area contributed by atoms with Crippen LogP contribution < -0.4 is 4.90 Å². The molecule has 3 heterocycles. The van der Waals surface area contributed by atoms with Crippen molar-refractivity contribution in [2.75, 3.05) is 44.2 Å². The average Bonchev–Trinajstić information content (AvgIpc) is 3.13. The largest absolute Gasteiger partial charge is 0.505 e. The van der Waals surface area contributed by atoms with Crippen LogP contribution in [0.15, 0.2) is 36.7 Å². The summed E-state index contributed by atoms with van der Waals surface area (Å²) in [7, 11) is 0. The number of aryl methyl sites for hydroxylation is 1. The van der Waals surface area contributed by atoms with E-state index in [1.807, 2.05) is 0 Å². The van der Waals surface area contributed by atoms with Crippen molar-refractivity contribution in [2.45, 2.75) is 25.9 Å². The molecule has 138 valence electrons. The summed E-state index contributed by atoms with van der Waals surface area (Å²) in [4.78, 5) is 15.8. The molecule has 1 aromatic carbocycles. The fourth-order valence-corrected chi connectivity index (χ4v) is 3.97. The summed E-state index contributed by atoms with van der Waals surface area (Å²) in [5.74, 6) is 0.835. The Morgan fingerprint density at radius 1 is 1.00 bits per heavy atom. The fraction of sp³-hybridized carbons (Fsp3) is 0.500. The predicted molar refractivity (Wildman–Crippen MR) is 102 cm³/mol. The lowest BCUT2D eigenvalue weighted by molar-refractivity contribution is 0.180. The molecule has 0 radical (unpaired) electrons. The van der Waals surface area contributed by atoms with E-state index in [1.54, 1.807) is 0 Å². The molecule has 6 nitrogen and oxygen atoms in total. The molecule has 2 saturated heterocycles. The van der Waals surface area contributed by atoms with Crippen LogP contribution in [0.25, 0.3) is 0 Å². The lowest BCUT2D eigenvalue weighted by Gasteiger charge is -2.38. The van der Waals surface area contributed by atoms with Crippen molar-refractivity contribution in [3.63, 3.8) is 0 Å². The van der Waals surface area contributed by atoms with Crippen LogP contribution in [0, 0.1) is 6.92 Å². The van der Waals surface area contributed by atoms with Crippen molar-refractivity contribution >= 4 is 5.95 Å². The van der Waals surface area contributed by atoms with Crippen LogP contribution in [0.1, 0.15) is 17.5 Å². The van der Waals surface area contributed by atoms with Crippen molar-refractivity contribution in [3.05, 3.63) is 47.8 Å². The lowest BCUT2D eigenvalue weighted by atomic mass is 10.1. The highest BCUT2D eigenvalue weighted by Crippen LogP contribution is 2.21. The molecule has 0 saturated carbocycles. The minimum atomic E-state index is 0.118. The van der Waals surface area contributed by atoms with Crippen molar-refractivity contribution < 1.29 is 5.11 Å². The molecule has 1 atom stereocenters. The normalized spacial score (nSPS) is 22.0. The van der Waals surface area contributed by atoms with Crippen molar-refractivity contribution in [2.24, 2.45) is 0 Å². The maximum atomic E-state index is 9.33. The molecular formula is C20H27N5O. The lowest BCUT2D eigenvalue weighted by Crippen LogP contribution is -2.51. The first-order chi connectivity index (χ1) is 12.7. The van der Waals surface area contributed by atoms with Gasteiger partial charge in [-0.15, -0.1) is 0 Å². The topological polar surface area (TPSA) is 55.7 Å². The van der Waals surface area contributed by atoms with Gasteiger partial charge in [-0.3, -0.25) is 9.80 Å². The number of nitrogens with zero attached hydrogens (tertiary/aromatic N) is 5. The first kappa shape index (κ1) is 17.2. The first-order valence-corrected chi connectivity index (χ1v) is 9.45. The van der Waals surface area contributed by atoms with E-state index in [0.717, 1.165) is 45.2 Å². The van der Waals surface area contributed by atoms with Crippen LogP contribution in [-0.2, 0) is 6.54 Å². The number of piperazine rings is 1. The Labute approximate surface area is 155 Å². The standard InChI is InChI=1S/C20H27N5O/c1-16-2-4-17(5-3-16)14-23-7-6-18(15-23)24-8-10-25(11-9-24)20-21-12-19(26)13-22-20/h2-5,12-13,18,26H,6-11,14-15H2,1H3. The van der Waals surface area contributed by atoms with Crippen molar-refractivity contribution in [3.8, 4) is 5.75 Å². The van der Waals surface area contributed by atoms with Crippen LogP contribution in [-0.4, -0.2) is 70.2 Å². The summed E-state index contributed by atoms with van der Waals surface area (Å²) in [5, 5.41) is 9.33. The maximum Gasteiger partial charge on any atom is 0.225 e. The second-order valence-corrected chi connectivity index (χ2v) is 7.43. The number of hydrogen-bond donors (Lipinski definition) is 1. The van der Waals surface area contributed by atoms with Crippen LogP contribution in [0.3, 0.4) is 0 Å². The fourth-order valence-electron chi connectivity index (χ4n) is 3.97. The molecule has 2 fully saturated rings. The highest BCUT2D eigenvalue weighted by atomic mass is 16.3. The van der Waals surface area contributed by atoms with Crippen molar-refractivity contribution in [1.29, 1.82) is 0 Å². The van der Waals surface area contributed by atoms with E-state index < -0.39 is 0 Å². The molecule has 26 heavy (non-hydrogen) atoms. The quantitative estimate of drug-likeness (QED) is 0.906. The second kappa shape index (κ2) is 7.60. The predicted octanol–water partition coefficient (Wildman–Crippen LogP) is 1.89. The molecule has 1 unspecified atom stereocenters. The Morgan fingerprint density at radius 2 is 1.69 bits per heavy atom. The highest BCUT2D eigenvalue weighted by molar-refractivity contribution is 5.31. The summed E-state index contributed by atoms with van der Waals surface area (Å²) in [5.41, 5.74) is 2.73. The molecule has 2 aromatic rings. The smallest absolute Gasteiger partial charge is 0.225 e. The summed E-state index contributed by atoms with van der Waals surface area (Å²) < 4.78 is 0. The van der Waals surface area contributed by atoms with Gasteiger partial charge in [0.1, 0.15) is 0 Å². The minimum absolute atomic E-state index is 0.118. The van der Waals surface area contributed by atoms with Gasteiger partial charge in [0.2, 0.25) is 5.95 Å². The molecule has 0 amide bonds. The van der Waals surface area contributed by atoms with Gasteiger partial charge < -0.3 is 10.0 Å². The zero-order valence-corrected chi connectivity index (χ0v) is 15.4. The third-order valence-electron chi connectivity index (χ3n) is 5.51. The van der Waals surface area contributed by atoms with Crippen LogP contribution in [0.2, 0.25) is 0 Å². The summed E-state index contributed by atoms with van der Waals surface area (Å²) >= 11 is 0. The van der Waals surface area contributed by atoms with Gasteiger partial charge in [-0.1, -0.05) is 29.8 Å². The molecule has 2 aliphatic heterocycles. The molecule has 1 N–H and O–H groups in total. The van der Waals surface area contributed by atoms with Gasteiger partial charge in [0, 0.05) is 51.9 Å². The molecule has 1 aromatic heterocycles. The van der Waals surface area contributed by atoms with Crippen LogP contribution >= 0.6 is 0 Å². The Balaban J connectivity index is 1.27. The van der Waals surface area contributed by atoms with E-state index in [1.165, 1.54) is 36.5 Å². The monoisotopic (exact) mass is 353 g/mol. The summed E-state index contributed by atoms with van der Waals surface area (Å²) in [6.45, 7) is 9.51. The van der Waals surface area contributed by atoms with Gasteiger partial charge in [0.15, 0.2) is 5.75 Å². The second-order valence-electron chi connectivity index (χ2n) is 7.43. The number of aromatic nitrogens is 2. The SMILES string of the molecule is Cc1ccc(CN2CCC(N3CCN(c4ncc(O)cn4)CC3)C2)cc1. The van der Waals surface area contributed by atoms with E-state index in [-0.39, 0.29) is 5.75 Å². The Bertz CT molecular complexity index is 710. The molecule has 0 aliphatic carbocycles. The Morgan fingerprint density at radius 3 is 2.38 bits per heavy atom. The van der Waals surface area contributed by atoms with Gasteiger partial charge in [-0.2, -0.15) is 0 Å². The molecule has 2 aliphatic rings. The molecular weight excluding hydrogens is 326 g/mol. The average molecular weight is 353 g/mol. The van der Waals surface area contributed by atoms with Crippen LogP contribution in [0.4, 0.5) is 5.95 Å².